The summed E-state index contributed by atoms with van der Waals surface area (Å²) in [6, 6.07) is 14.6. The molecule has 0 aliphatic rings. The molecule has 2 aromatic heterocycles. The number of hydrogen-bond acceptors (Lipinski definition) is 5. The summed E-state index contributed by atoms with van der Waals surface area (Å²) < 4.78 is 2.11. The van der Waals surface area contributed by atoms with E-state index in [4.69, 9.17) is 4.98 Å². The van der Waals surface area contributed by atoms with Crippen LogP contribution in [0, 0.1) is 0 Å². The van der Waals surface area contributed by atoms with Gasteiger partial charge in [-0.05, 0) is 23.8 Å². The first-order valence-corrected chi connectivity index (χ1v) is 8.64. The van der Waals surface area contributed by atoms with E-state index in [0.717, 1.165) is 23.6 Å². The van der Waals surface area contributed by atoms with Gasteiger partial charge in [0.05, 0.1) is 18.4 Å². The Hall–Kier alpha value is -3.28. The molecule has 130 valence electrons. The summed E-state index contributed by atoms with van der Waals surface area (Å²) in [6.45, 7) is 3.62. The van der Waals surface area contributed by atoms with Gasteiger partial charge >= 0.3 is 0 Å². The fraction of sp³-hybridized carbons (Fsp3) is 0.200. The van der Waals surface area contributed by atoms with E-state index in [9.17, 15) is 0 Å². The maximum absolute atomic E-state index is 4.70. The van der Waals surface area contributed by atoms with Crippen molar-refractivity contribution in [1.82, 2.24) is 24.7 Å². The summed E-state index contributed by atoms with van der Waals surface area (Å²) in [7, 11) is 1.95. The summed E-state index contributed by atoms with van der Waals surface area (Å²) in [4.78, 5) is 11.1. The number of aromatic nitrogens is 5. The molecule has 4 rings (SSSR count). The molecule has 0 saturated carbocycles. The lowest BCUT2D eigenvalue weighted by Crippen LogP contribution is -2.22. The third-order valence-electron chi connectivity index (χ3n) is 4.46. The molecule has 2 heterocycles. The van der Waals surface area contributed by atoms with Crippen LogP contribution in [0.25, 0.3) is 22.0 Å². The van der Waals surface area contributed by atoms with Crippen LogP contribution in [0.15, 0.2) is 61.1 Å². The molecule has 0 aliphatic carbocycles. The second-order valence-corrected chi connectivity index (χ2v) is 6.19. The molecule has 0 fully saturated rings. The van der Waals surface area contributed by atoms with Crippen molar-refractivity contribution in [2.45, 2.75) is 20.0 Å². The maximum Gasteiger partial charge on any atom is 0.246 e. The molecule has 0 N–H and O–H groups in total. The van der Waals surface area contributed by atoms with Crippen molar-refractivity contribution in [2.75, 3.05) is 11.9 Å². The van der Waals surface area contributed by atoms with Crippen LogP contribution in [0.4, 0.5) is 5.95 Å². The Balaban J connectivity index is 1.63. The molecule has 6 heteroatoms. The zero-order valence-corrected chi connectivity index (χ0v) is 14.9. The number of rotatable bonds is 5. The minimum Gasteiger partial charge on any atom is -0.335 e. The summed E-state index contributed by atoms with van der Waals surface area (Å²) in [5.74, 6) is 1.57. The molecule has 0 aliphatic heterocycles. The largest absolute Gasteiger partial charge is 0.335 e. The first-order chi connectivity index (χ1) is 12.7. The van der Waals surface area contributed by atoms with Crippen LogP contribution >= 0.6 is 0 Å². The summed E-state index contributed by atoms with van der Waals surface area (Å²) in [6.07, 6.45) is 5.50. The van der Waals surface area contributed by atoms with Gasteiger partial charge in [-0.25, -0.2) is 9.97 Å². The minimum absolute atomic E-state index is 0.585. The Labute approximate surface area is 152 Å². The normalized spacial score (nSPS) is 11.0. The molecular formula is C20H20N6. The van der Waals surface area contributed by atoms with Crippen LogP contribution in [-0.2, 0) is 13.1 Å². The highest BCUT2D eigenvalue weighted by atomic mass is 15.3. The lowest BCUT2D eigenvalue weighted by molar-refractivity contribution is 0.677. The van der Waals surface area contributed by atoms with E-state index >= 15 is 0 Å². The molecule has 0 bridgehead atoms. The molecule has 6 nitrogen and oxygen atoms in total. The number of anilines is 1. The molecule has 0 atom stereocenters. The van der Waals surface area contributed by atoms with E-state index in [1.54, 1.807) is 6.20 Å². The van der Waals surface area contributed by atoms with Gasteiger partial charge in [0.2, 0.25) is 5.95 Å². The molecule has 0 radical (unpaired) electrons. The summed E-state index contributed by atoms with van der Waals surface area (Å²) in [5.41, 5.74) is 1.84. The number of benzene rings is 2. The van der Waals surface area contributed by atoms with Crippen molar-refractivity contribution in [1.29, 1.82) is 0 Å². The maximum atomic E-state index is 4.70. The van der Waals surface area contributed by atoms with Crippen LogP contribution in [-0.4, -0.2) is 31.8 Å². The number of nitrogens with zero attached hydrogens (tertiary/aromatic N) is 6. The van der Waals surface area contributed by atoms with Crippen molar-refractivity contribution in [3.8, 4) is 11.3 Å². The smallest absolute Gasteiger partial charge is 0.246 e. The second-order valence-electron chi connectivity index (χ2n) is 6.19. The highest BCUT2D eigenvalue weighted by Gasteiger charge is 2.11. The molecule has 0 spiro atoms. The standard InChI is InChI=1S/C20H20N6/c1-3-26-11-10-21-19(26)14-25(2)20-23-18(13-22-24-20)17-9-8-15-6-4-5-7-16(15)12-17/h4-13H,3,14H2,1-2H3. The SMILES string of the molecule is CCn1ccnc1CN(C)c1nncc(-c2ccc3ccccc3c2)n1. The zero-order chi connectivity index (χ0) is 17.9. The predicted octanol–water partition coefficient (Wildman–Crippen LogP) is 3.54. The third-order valence-corrected chi connectivity index (χ3v) is 4.46. The first-order valence-electron chi connectivity index (χ1n) is 8.64. The fourth-order valence-electron chi connectivity index (χ4n) is 3.01. The highest BCUT2D eigenvalue weighted by Crippen LogP contribution is 2.23. The Morgan fingerprint density at radius 1 is 1.08 bits per heavy atom. The van der Waals surface area contributed by atoms with Gasteiger partial charge in [0, 0.05) is 31.5 Å². The molecule has 0 saturated heterocycles. The monoisotopic (exact) mass is 344 g/mol. The van der Waals surface area contributed by atoms with Gasteiger partial charge in [-0.15, -0.1) is 5.10 Å². The Morgan fingerprint density at radius 3 is 2.77 bits per heavy atom. The fourth-order valence-corrected chi connectivity index (χ4v) is 3.01. The topological polar surface area (TPSA) is 59.7 Å². The minimum atomic E-state index is 0.585. The van der Waals surface area contributed by atoms with Crippen molar-refractivity contribution < 1.29 is 0 Å². The van der Waals surface area contributed by atoms with Crippen LogP contribution in [0.5, 0.6) is 0 Å². The average molecular weight is 344 g/mol. The molecule has 2 aromatic carbocycles. The molecular weight excluding hydrogens is 324 g/mol. The molecule has 26 heavy (non-hydrogen) atoms. The van der Waals surface area contributed by atoms with Crippen molar-refractivity contribution in [3.63, 3.8) is 0 Å². The Kier molecular flexibility index (Phi) is 4.31. The third kappa shape index (κ3) is 3.13. The van der Waals surface area contributed by atoms with E-state index in [1.165, 1.54) is 10.8 Å². The number of aryl methyl sites for hydroxylation is 1. The van der Waals surface area contributed by atoms with E-state index in [1.807, 2.05) is 36.5 Å². The average Bonchev–Trinajstić information content (AvgIpc) is 3.14. The molecule has 4 aromatic rings. The quantitative estimate of drug-likeness (QED) is 0.554. The molecule has 0 unspecified atom stereocenters. The van der Waals surface area contributed by atoms with Crippen molar-refractivity contribution in [2.24, 2.45) is 0 Å². The van der Waals surface area contributed by atoms with E-state index in [2.05, 4.69) is 57.0 Å². The van der Waals surface area contributed by atoms with Gasteiger partial charge in [0.15, 0.2) is 0 Å². The summed E-state index contributed by atoms with van der Waals surface area (Å²) in [5, 5.41) is 10.7. The van der Waals surface area contributed by atoms with E-state index < -0.39 is 0 Å². The van der Waals surface area contributed by atoms with Crippen LogP contribution in [0.2, 0.25) is 0 Å². The zero-order valence-electron chi connectivity index (χ0n) is 14.9. The van der Waals surface area contributed by atoms with Gasteiger partial charge in [-0.3, -0.25) is 0 Å². The number of imidazole rings is 1. The van der Waals surface area contributed by atoms with Crippen LogP contribution in [0.3, 0.4) is 0 Å². The van der Waals surface area contributed by atoms with Crippen LogP contribution in [0.1, 0.15) is 12.7 Å². The summed E-state index contributed by atoms with van der Waals surface area (Å²) >= 11 is 0. The Morgan fingerprint density at radius 2 is 1.92 bits per heavy atom. The van der Waals surface area contributed by atoms with Gasteiger partial charge in [0.1, 0.15) is 5.82 Å². The van der Waals surface area contributed by atoms with Crippen LogP contribution < -0.4 is 4.90 Å². The number of hydrogen-bond donors (Lipinski definition) is 0. The number of fused-ring (bicyclic) bond motifs is 1. The van der Waals surface area contributed by atoms with Gasteiger partial charge < -0.3 is 9.47 Å². The van der Waals surface area contributed by atoms with E-state index in [-0.39, 0.29) is 0 Å². The van der Waals surface area contributed by atoms with Gasteiger partial charge in [-0.2, -0.15) is 5.10 Å². The van der Waals surface area contributed by atoms with Crippen molar-refractivity contribution >= 4 is 16.7 Å². The molecule has 0 amide bonds. The van der Waals surface area contributed by atoms with Gasteiger partial charge in [0.25, 0.3) is 0 Å². The highest BCUT2D eigenvalue weighted by molar-refractivity contribution is 5.86. The second kappa shape index (κ2) is 6.92. The Bertz CT molecular complexity index is 1040. The first kappa shape index (κ1) is 16.2. The van der Waals surface area contributed by atoms with Gasteiger partial charge in [-0.1, -0.05) is 36.4 Å². The lowest BCUT2D eigenvalue weighted by Gasteiger charge is -2.17. The van der Waals surface area contributed by atoms with Crippen molar-refractivity contribution in [3.05, 3.63) is 66.9 Å². The van der Waals surface area contributed by atoms with E-state index in [0.29, 0.717) is 12.5 Å². The lowest BCUT2D eigenvalue weighted by atomic mass is 10.1. The predicted molar refractivity (Wildman–Crippen MR) is 103 cm³/mol.